The molecule has 0 spiro atoms. The minimum absolute atomic E-state index is 0.207. The molecule has 1 nitrogen and oxygen atoms in total. The highest BCUT2D eigenvalue weighted by Crippen LogP contribution is 2.64. The minimum atomic E-state index is 0.207. The summed E-state index contributed by atoms with van der Waals surface area (Å²) in [6.45, 7) is 11.0. The normalized spacial score (nSPS) is 52.9. The molecular formula is C16H28O. The second kappa shape index (κ2) is 3.50. The summed E-state index contributed by atoms with van der Waals surface area (Å²) in [5, 5.41) is 0. The molecule has 0 amide bonds. The van der Waals surface area contributed by atoms with Crippen LogP contribution in [-0.2, 0) is 4.74 Å². The van der Waals surface area contributed by atoms with Crippen molar-refractivity contribution < 1.29 is 4.74 Å². The molecule has 4 atom stereocenters. The summed E-state index contributed by atoms with van der Waals surface area (Å²) in [4.78, 5) is 0. The first kappa shape index (κ1) is 12.0. The van der Waals surface area contributed by atoms with E-state index in [4.69, 9.17) is 4.74 Å². The van der Waals surface area contributed by atoms with Gasteiger partial charge in [0.15, 0.2) is 0 Å². The van der Waals surface area contributed by atoms with Gasteiger partial charge in [-0.2, -0.15) is 0 Å². The van der Waals surface area contributed by atoms with Crippen LogP contribution in [0.5, 0.6) is 0 Å². The van der Waals surface area contributed by atoms with Gasteiger partial charge in [-0.1, -0.05) is 27.2 Å². The van der Waals surface area contributed by atoms with Crippen LogP contribution >= 0.6 is 0 Å². The van der Waals surface area contributed by atoms with Crippen molar-refractivity contribution in [1.82, 2.24) is 0 Å². The van der Waals surface area contributed by atoms with Crippen LogP contribution in [-0.4, -0.2) is 12.2 Å². The fourth-order valence-electron chi connectivity index (χ4n) is 5.82. The molecule has 17 heavy (non-hydrogen) atoms. The summed E-state index contributed by atoms with van der Waals surface area (Å²) in [7, 11) is 0. The van der Waals surface area contributed by atoms with Crippen LogP contribution in [0.4, 0.5) is 0 Å². The maximum absolute atomic E-state index is 6.13. The van der Waals surface area contributed by atoms with Crippen LogP contribution in [0.15, 0.2) is 0 Å². The van der Waals surface area contributed by atoms with Crippen molar-refractivity contribution in [2.45, 2.75) is 71.8 Å². The molecule has 0 N–H and O–H groups in total. The highest BCUT2D eigenvalue weighted by Gasteiger charge is 2.60. The summed E-state index contributed by atoms with van der Waals surface area (Å²) < 4.78 is 6.13. The van der Waals surface area contributed by atoms with Gasteiger partial charge in [-0.15, -0.1) is 0 Å². The van der Waals surface area contributed by atoms with E-state index < -0.39 is 0 Å². The van der Waals surface area contributed by atoms with Gasteiger partial charge in [0.1, 0.15) is 0 Å². The first-order chi connectivity index (χ1) is 7.89. The van der Waals surface area contributed by atoms with Gasteiger partial charge in [0.25, 0.3) is 0 Å². The first-order valence-electron chi connectivity index (χ1n) is 7.52. The van der Waals surface area contributed by atoms with Crippen molar-refractivity contribution in [3.8, 4) is 0 Å². The van der Waals surface area contributed by atoms with Crippen molar-refractivity contribution in [2.24, 2.45) is 22.7 Å². The Bertz CT molecular complexity index is 317. The van der Waals surface area contributed by atoms with E-state index >= 15 is 0 Å². The van der Waals surface area contributed by atoms with Crippen LogP contribution in [0.2, 0.25) is 0 Å². The summed E-state index contributed by atoms with van der Waals surface area (Å²) in [6.07, 6.45) is 8.27. The van der Waals surface area contributed by atoms with Crippen LogP contribution in [0.25, 0.3) is 0 Å². The molecule has 3 unspecified atom stereocenters. The average molecular weight is 236 g/mol. The molecule has 2 aliphatic carbocycles. The van der Waals surface area contributed by atoms with Crippen molar-refractivity contribution >= 4 is 0 Å². The molecular weight excluding hydrogens is 208 g/mol. The zero-order valence-electron chi connectivity index (χ0n) is 12.0. The largest absolute Gasteiger partial charge is 0.375 e. The number of fused-ring (bicyclic) bond motifs is 3. The molecule has 1 aliphatic heterocycles. The predicted octanol–water partition coefficient (Wildman–Crippen LogP) is 4.41. The summed E-state index contributed by atoms with van der Waals surface area (Å²) >= 11 is 0. The van der Waals surface area contributed by atoms with Crippen molar-refractivity contribution in [3.05, 3.63) is 0 Å². The Hall–Kier alpha value is -0.0400. The Kier molecular flexibility index (Phi) is 2.47. The Morgan fingerprint density at radius 3 is 2.41 bits per heavy atom. The van der Waals surface area contributed by atoms with E-state index in [0.29, 0.717) is 10.8 Å². The molecule has 0 bridgehead atoms. The second-order valence-corrected chi connectivity index (χ2v) is 7.94. The molecule has 98 valence electrons. The maximum atomic E-state index is 6.13. The van der Waals surface area contributed by atoms with Crippen LogP contribution in [0, 0.1) is 22.7 Å². The topological polar surface area (TPSA) is 9.23 Å². The van der Waals surface area contributed by atoms with E-state index in [1.807, 2.05) is 0 Å². The molecule has 0 aromatic rings. The van der Waals surface area contributed by atoms with Gasteiger partial charge in [-0.3, -0.25) is 0 Å². The first-order valence-corrected chi connectivity index (χ1v) is 7.52. The third-order valence-corrected chi connectivity index (χ3v) is 6.58. The zero-order chi connectivity index (χ0) is 12.3. The molecule has 1 heteroatoms. The third kappa shape index (κ3) is 1.54. The number of ether oxygens (including phenoxy) is 1. The number of hydrogen-bond acceptors (Lipinski definition) is 1. The van der Waals surface area contributed by atoms with Crippen molar-refractivity contribution in [3.63, 3.8) is 0 Å². The molecule has 0 radical (unpaired) electrons. The Labute approximate surface area is 106 Å². The highest BCUT2D eigenvalue weighted by atomic mass is 16.5. The third-order valence-electron chi connectivity index (χ3n) is 6.58. The van der Waals surface area contributed by atoms with Gasteiger partial charge in [0.2, 0.25) is 0 Å². The van der Waals surface area contributed by atoms with E-state index in [1.165, 1.54) is 38.5 Å². The number of hydrogen-bond donors (Lipinski definition) is 0. The fourth-order valence-corrected chi connectivity index (χ4v) is 5.82. The second-order valence-electron chi connectivity index (χ2n) is 7.94. The van der Waals surface area contributed by atoms with Crippen molar-refractivity contribution in [2.75, 3.05) is 6.61 Å². The monoisotopic (exact) mass is 236 g/mol. The van der Waals surface area contributed by atoms with Gasteiger partial charge < -0.3 is 4.74 Å². The van der Waals surface area contributed by atoms with Crippen LogP contribution in [0.3, 0.4) is 0 Å². The molecule has 2 saturated carbocycles. The molecule has 0 aromatic carbocycles. The van der Waals surface area contributed by atoms with Gasteiger partial charge in [0, 0.05) is 6.61 Å². The van der Waals surface area contributed by atoms with Gasteiger partial charge in [-0.05, 0) is 61.7 Å². The lowest BCUT2D eigenvalue weighted by molar-refractivity contribution is -0.147. The Balaban J connectivity index is 1.98. The fraction of sp³-hybridized carbons (Fsp3) is 1.00. The Morgan fingerprint density at radius 2 is 1.65 bits per heavy atom. The quantitative estimate of drug-likeness (QED) is 0.605. The lowest BCUT2D eigenvalue weighted by Gasteiger charge is -2.60. The summed E-state index contributed by atoms with van der Waals surface area (Å²) in [5.74, 6) is 1.73. The van der Waals surface area contributed by atoms with Gasteiger partial charge in [-0.25, -0.2) is 0 Å². The molecule has 1 heterocycles. The van der Waals surface area contributed by atoms with Gasteiger partial charge >= 0.3 is 0 Å². The highest BCUT2D eigenvalue weighted by molar-refractivity contribution is 5.09. The smallest absolute Gasteiger partial charge is 0.0688 e. The zero-order valence-corrected chi connectivity index (χ0v) is 12.0. The summed E-state index contributed by atoms with van der Waals surface area (Å²) in [6, 6.07) is 0. The van der Waals surface area contributed by atoms with Crippen LogP contribution in [0.1, 0.15) is 66.2 Å². The van der Waals surface area contributed by atoms with E-state index in [0.717, 1.165) is 18.4 Å². The molecule has 1 saturated heterocycles. The molecule has 3 aliphatic rings. The molecule has 3 fully saturated rings. The number of rotatable bonds is 0. The van der Waals surface area contributed by atoms with E-state index in [-0.39, 0.29) is 5.60 Å². The SMILES string of the molecule is CC1(C)CCCC2(C)C1CCC1(C)OCC[C@@H]12. The summed E-state index contributed by atoms with van der Waals surface area (Å²) in [5.41, 5.74) is 1.31. The minimum Gasteiger partial charge on any atom is -0.375 e. The lowest BCUT2D eigenvalue weighted by atomic mass is 9.46. The van der Waals surface area contributed by atoms with Gasteiger partial charge in [0.05, 0.1) is 5.60 Å². The maximum Gasteiger partial charge on any atom is 0.0688 e. The van der Waals surface area contributed by atoms with Crippen LogP contribution < -0.4 is 0 Å². The average Bonchev–Trinajstić information content (AvgIpc) is 2.60. The van der Waals surface area contributed by atoms with E-state index in [2.05, 4.69) is 27.7 Å². The van der Waals surface area contributed by atoms with E-state index in [9.17, 15) is 0 Å². The molecule has 3 rings (SSSR count). The molecule has 0 aromatic heterocycles. The van der Waals surface area contributed by atoms with E-state index in [1.54, 1.807) is 0 Å². The lowest BCUT2D eigenvalue weighted by Crippen LogP contribution is -2.55. The standard InChI is InChI=1S/C16H28O/c1-14(2)8-5-9-15(3)12(14)6-10-16(4)13(15)7-11-17-16/h12-13H,5-11H2,1-4H3/t12?,13-,15?,16?/m1/s1. The Morgan fingerprint density at radius 1 is 0.882 bits per heavy atom. The van der Waals surface area contributed by atoms with Crippen molar-refractivity contribution in [1.29, 1.82) is 0 Å². The predicted molar refractivity (Wildman–Crippen MR) is 70.9 cm³/mol.